The van der Waals surface area contributed by atoms with Crippen LogP contribution in [0.2, 0.25) is 0 Å². The normalized spacial score (nSPS) is 17.8. The second-order valence-corrected chi connectivity index (χ2v) is 8.37. The van der Waals surface area contributed by atoms with Crippen LogP contribution in [0.5, 0.6) is 11.5 Å². The summed E-state index contributed by atoms with van der Waals surface area (Å²) in [4.78, 5) is 40.2. The molecule has 1 heterocycles. The SMILES string of the molecule is CCCNC(=O)CNC(=O)C1CCC(=O)N(c2ccc(C)cc2)C1c1ccc(OC)c(OC)c1. The van der Waals surface area contributed by atoms with Gasteiger partial charge < -0.3 is 25.0 Å². The lowest BCUT2D eigenvalue weighted by Gasteiger charge is -2.41. The highest BCUT2D eigenvalue weighted by Crippen LogP contribution is 2.42. The number of carbonyl (C=O) groups is 3. The van der Waals surface area contributed by atoms with Gasteiger partial charge >= 0.3 is 0 Å². The number of piperidine rings is 1. The van der Waals surface area contributed by atoms with Crippen molar-refractivity contribution in [3.05, 3.63) is 53.6 Å². The van der Waals surface area contributed by atoms with E-state index in [-0.39, 0.29) is 30.7 Å². The van der Waals surface area contributed by atoms with Crippen LogP contribution < -0.4 is 25.0 Å². The number of aryl methyl sites for hydroxylation is 1. The van der Waals surface area contributed by atoms with E-state index in [4.69, 9.17) is 9.47 Å². The highest BCUT2D eigenvalue weighted by atomic mass is 16.5. The molecule has 0 aromatic heterocycles. The van der Waals surface area contributed by atoms with Crippen LogP contribution in [0.4, 0.5) is 5.69 Å². The molecule has 2 aromatic rings. The number of nitrogens with zero attached hydrogens (tertiary/aromatic N) is 1. The van der Waals surface area contributed by atoms with E-state index >= 15 is 0 Å². The number of benzene rings is 2. The van der Waals surface area contributed by atoms with E-state index in [9.17, 15) is 14.4 Å². The number of ether oxygens (including phenoxy) is 2. The lowest BCUT2D eigenvalue weighted by molar-refractivity contribution is -0.131. The molecule has 2 aromatic carbocycles. The van der Waals surface area contributed by atoms with Crippen LogP contribution in [0.25, 0.3) is 0 Å². The first-order chi connectivity index (χ1) is 16.4. The first kappa shape index (κ1) is 25.1. The quantitative estimate of drug-likeness (QED) is 0.591. The zero-order valence-electron chi connectivity index (χ0n) is 20.2. The topological polar surface area (TPSA) is 97.0 Å². The Labute approximate surface area is 200 Å². The van der Waals surface area contributed by atoms with Gasteiger partial charge in [-0.1, -0.05) is 30.7 Å². The molecule has 3 amide bonds. The van der Waals surface area contributed by atoms with Gasteiger partial charge in [-0.3, -0.25) is 14.4 Å². The summed E-state index contributed by atoms with van der Waals surface area (Å²) < 4.78 is 10.8. The summed E-state index contributed by atoms with van der Waals surface area (Å²) in [6.45, 7) is 4.40. The van der Waals surface area contributed by atoms with Crippen molar-refractivity contribution in [2.24, 2.45) is 5.92 Å². The first-order valence-corrected chi connectivity index (χ1v) is 11.5. The van der Waals surface area contributed by atoms with Gasteiger partial charge in [0.2, 0.25) is 17.7 Å². The lowest BCUT2D eigenvalue weighted by atomic mass is 9.83. The Hall–Kier alpha value is -3.55. The Morgan fingerprint density at radius 1 is 1.03 bits per heavy atom. The molecule has 1 fully saturated rings. The molecular formula is C26H33N3O5. The molecule has 1 aliphatic rings. The van der Waals surface area contributed by atoms with Gasteiger partial charge in [0, 0.05) is 18.7 Å². The maximum absolute atomic E-state index is 13.3. The molecule has 34 heavy (non-hydrogen) atoms. The van der Waals surface area contributed by atoms with Crippen LogP contribution in [-0.2, 0) is 14.4 Å². The number of nitrogens with one attached hydrogen (secondary N) is 2. The van der Waals surface area contributed by atoms with Crippen LogP contribution >= 0.6 is 0 Å². The lowest BCUT2D eigenvalue weighted by Crippen LogP contribution is -2.49. The third-order valence-electron chi connectivity index (χ3n) is 5.99. The third-order valence-corrected chi connectivity index (χ3v) is 5.99. The number of methoxy groups -OCH3 is 2. The molecule has 1 saturated heterocycles. The summed E-state index contributed by atoms with van der Waals surface area (Å²) in [7, 11) is 3.10. The maximum atomic E-state index is 13.3. The molecule has 1 aliphatic heterocycles. The predicted molar refractivity (Wildman–Crippen MR) is 130 cm³/mol. The van der Waals surface area contributed by atoms with Gasteiger partial charge in [0.25, 0.3) is 0 Å². The van der Waals surface area contributed by atoms with Gasteiger partial charge in [0.05, 0.1) is 32.7 Å². The second-order valence-electron chi connectivity index (χ2n) is 8.37. The summed E-state index contributed by atoms with van der Waals surface area (Å²) in [5.74, 6) is -0.0375. The summed E-state index contributed by atoms with van der Waals surface area (Å²) in [6.07, 6.45) is 1.43. The van der Waals surface area contributed by atoms with Gasteiger partial charge in [-0.2, -0.15) is 0 Å². The fourth-order valence-electron chi connectivity index (χ4n) is 4.22. The Morgan fingerprint density at radius 2 is 1.74 bits per heavy atom. The van der Waals surface area contributed by atoms with Gasteiger partial charge in [-0.25, -0.2) is 0 Å². The second kappa shape index (κ2) is 11.5. The van der Waals surface area contributed by atoms with E-state index in [0.717, 1.165) is 17.5 Å². The molecule has 3 rings (SSSR count). The first-order valence-electron chi connectivity index (χ1n) is 11.5. The predicted octanol–water partition coefficient (Wildman–Crippen LogP) is 3.14. The van der Waals surface area contributed by atoms with Crippen LogP contribution in [0.1, 0.15) is 43.4 Å². The monoisotopic (exact) mass is 467 g/mol. The number of hydrogen-bond donors (Lipinski definition) is 2. The van der Waals surface area contributed by atoms with Gasteiger partial charge in [-0.05, 0) is 49.6 Å². The summed E-state index contributed by atoms with van der Waals surface area (Å²) >= 11 is 0. The summed E-state index contributed by atoms with van der Waals surface area (Å²) in [5, 5.41) is 5.52. The summed E-state index contributed by atoms with van der Waals surface area (Å²) in [5.41, 5.74) is 2.54. The van der Waals surface area contributed by atoms with Gasteiger partial charge in [0.15, 0.2) is 11.5 Å². The van der Waals surface area contributed by atoms with Crippen LogP contribution in [-0.4, -0.2) is 45.0 Å². The molecule has 2 atom stereocenters. The number of hydrogen-bond acceptors (Lipinski definition) is 5. The summed E-state index contributed by atoms with van der Waals surface area (Å²) in [6, 6.07) is 12.5. The zero-order valence-corrected chi connectivity index (χ0v) is 20.2. The van der Waals surface area contributed by atoms with E-state index in [0.29, 0.717) is 30.2 Å². The number of amides is 3. The Balaban J connectivity index is 1.98. The van der Waals surface area contributed by atoms with Crippen molar-refractivity contribution >= 4 is 23.4 Å². The average Bonchev–Trinajstić information content (AvgIpc) is 2.86. The van der Waals surface area contributed by atoms with Gasteiger partial charge in [-0.15, -0.1) is 0 Å². The van der Waals surface area contributed by atoms with Crippen LogP contribution in [0, 0.1) is 12.8 Å². The molecule has 0 spiro atoms. The molecule has 0 radical (unpaired) electrons. The third kappa shape index (κ3) is 5.68. The van der Waals surface area contributed by atoms with Crippen molar-refractivity contribution in [1.29, 1.82) is 0 Å². The largest absolute Gasteiger partial charge is 0.493 e. The number of anilines is 1. The fourth-order valence-corrected chi connectivity index (χ4v) is 4.22. The minimum absolute atomic E-state index is 0.0617. The molecule has 2 unspecified atom stereocenters. The molecule has 8 nitrogen and oxygen atoms in total. The Kier molecular flexibility index (Phi) is 8.51. The molecule has 0 bridgehead atoms. The van der Waals surface area contributed by atoms with Crippen molar-refractivity contribution in [2.45, 2.75) is 39.2 Å². The zero-order chi connectivity index (χ0) is 24.7. The van der Waals surface area contributed by atoms with Crippen LogP contribution in [0.3, 0.4) is 0 Å². The van der Waals surface area contributed by atoms with Crippen molar-refractivity contribution in [3.63, 3.8) is 0 Å². The van der Waals surface area contributed by atoms with Crippen molar-refractivity contribution in [2.75, 3.05) is 32.2 Å². The fraction of sp³-hybridized carbons (Fsp3) is 0.423. The Morgan fingerprint density at radius 3 is 2.38 bits per heavy atom. The number of rotatable bonds is 9. The smallest absolute Gasteiger partial charge is 0.239 e. The van der Waals surface area contributed by atoms with E-state index in [1.165, 1.54) is 0 Å². The van der Waals surface area contributed by atoms with Gasteiger partial charge in [0.1, 0.15) is 0 Å². The molecule has 0 saturated carbocycles. The van der Waals surface area contributed by atoms with E-state index in [1.54, 1.807) is 31.3 Å². The van der Waals surface area contributed by atoms with Crippen molar-refractivity contribution in [3.8, 4) is 11.5 Å². The molecule has 182 valence electrons. The Bertz CT molecular complexity index is 1020. The standard InChI is InChI=1S/C26H33N3O5/c1-5-14-27-23(30)16-28-26(32)20-11-13-24(31)29(19-9-6-17(2)7-10-19)25(20)18-8-12-21(33-3)22(15-18)34-4/h6-10,12,15,20,25H,5,11,13-14,16H2,1-4H3,(H,27,30)(H,28,32). The highest BCUT2D eigenvalue weighted by Gasteiger charge is 2.41. The molecule has 8 heteroatoms. The minimum Gasteiger partial charge on any atom is -0.493 e. The van der Waals surface area contributed by atoms with Crippen molar-refractivity contribution < 1.29 is 23.9 Å². The maximum Gasteiger partial charge on any atom is 0.239 e. The van der Waals surface area contributed by atoms with E-state index in [2.05, 4.69) is 10.6 Å². The molecule has 0 aliphatic carbocycles. The van der Waals surface area contributed by atoms with E-state index < -0.39 is 12.0 Å². The highest BCUT2D eigenvalue weighted by molar-refractivity contribution is 5.98. The molecule has 2 N–H and O–H groups in total. The van der Waals surface area contributed by atoms with Crippen LogP contribution in [0.15, 0.2) is 42.5 Å². The average molecular weight is 468 g/mol. The molecular weight excluding hydrogens is 434 g/mol. The minimum atomic E-state index is -0.567. The van der Waals surface area contributed by atoms with Crippen molar-refractivity contribution in [1.82, 2.24) is 10.6 Å². The van der Waals surface area contributed by atoms with E-state index in [1.807, 2.05) is 44.2 Å². The number of carbonyl (C=O) groups excluding carboxylic acids is 3.